The molecular weight excluding hydrogens is 158 g/mol. The zero-order valence-electron chi connectivity index (χ0n) is 6.07. The van der Waals surface area contributed by atoms with E-state index in [1.807, 2.05) is 42.5 Å². The fourth-order valence-corrected chi connectivity index (χ4v) is 0.872. The van der Waals surface area contributed by atoms with Crippen molar-refractivity contribution in [2.45, 2.75) is 0 Å². The molecule has 0 fully saturated rings. The van der Waals surface area contributed by atoms with E-state index in [0.29, 0.717) is 6.54 Å². The first-order valence-corrected chi connectivity index (χ1v) is 3.76. The fourth-order valence-electron chi connectivity index (χ4n) is 0.793. The van der Waals surface area contributed by atoms with Crippen LogP contribution in [0.15, 0.2) is 36.4 Å². The van der Waals surface area contributed by atoms with Crippen molar-refractivity contribution in [3.05, 3.63) is 42.0 Å². The summed E-state index contributed by atoms with van der Waals surface area (Å²) in [4.78, 5) is 3.44. The lowest BCUT2D eigenvalue weighted by atomic mass is 10.2. The van der Waals surface area contributed by atoms with E-state index in [4.69, 9.17) is 11.8 Å². The quantitative estimate of drug-likeness (QED) is 0.655. The molecule has 0 aliphatic heterocycles. The van der Waals surface area contributed by atoms with E-state index < -0.39 is 0 Å². The van der Waals surface area contributed by atoms with Gasteiger partial charge in [0.05, 0.1) is 0 Å². The number of benzene rings is 1. The Morgan fingerprint density at radius 1 is 1.27 bits per heavy atom. The van der Waals surface area contributed by atoms with Crippen molar-refractivity contribution in [3.63, 3.8) is 0 Å². The van der Waals surface area contributed by atoms with Crippen molar-refractivity contribution in [1.29, 1.82) is 0 Å². The monoisotopic (exact) mass is 166 g/mol. The third kappa shape index (κ3) is 3.21. The summed E-state index contributed by atoms with van der Waals surface area (Å²) in [6, 6.07) is 10.0. The average molecular weight is 167 g/mol. The third-order valence-corrected chi connectivity index (χ3v) is 1.42. The highest BCUT2D eigenvalue weighted by Gasteiger charge is 1.80. The Morgan fingerprint density at radius 3 is 2.64 bits per heavy atom. The highest BCUT2D eigenvalue weighted by atomic mass is 35.5. The van der Waals surface area contributed by atoms with E-state index in [1.165, 1.54) is 5.56 Å². The van der Waals surface area contributed by atoms with Gasteiger partial charge in [0.25, 0.3) is 0 Å². The SMILES string of the molecule is Cl[N]CC=Cc1ccccc1. The van der Waals surface area contributed by atoms with Gasteiger partial charge in [-0.3, -0.25) is 0 Å². The first kappa shape index (κ1) is 8.31. The lowest BCUT2D eigenvalue weighted by Crippen LogP contribution is -1.85. The molecule has 2 heteroatoms. The van der Waals surface area contributed by atoms with Gasteiger partial charge in [0, 0.05) is 6.54 Å². The predicted molar refractivity (Wildman–Crippen MR) is 48.3 cm³/mol. The van der Waals surface area contributed by atoms with Crippen LogP contribution in [0.5, 0.6) is 0 Å². The number of rotatable bonds is 3. The van der Waals surface area contributed by atoms with Gasteiger partial charge in [-0.15, -0.1) is 4.84 Å². The highest BCUT2D eigenvalue weighted by Crippen LogP contribution is 1.99. The van der Waals surface area contributed by atoms with Crippen LogP contribution in [0.3, 0.4) is 0 Å². The predicted octanol–water partition coefficient (Wildman–Crippen LogP) is 2.46. The van der Waals surface area contributed by atoms with Gasteiger partial charge in [-0.2, -0.15) is 0 Å². The Balaban J connectivity index is 2.50. The molecule has 0 saturated heterocycles. The van der Waals surface area contributed by atoms with E-state index in [1.54, 1.807) is 0 Å². The Hall–Kier alpha value is -0.790. The van der Waals surface area contributed by atoms with E-state index in [-0.39, 0.29) is 0 Å². The van der Waals surface area contributed by atoms with Gasteiger partial charge in [-0.05, 0) is 17.3 Å². The fraction of sp³-hybridized carbons (Fsp3) is 0.111. The summed E-state index contributed by atoms with van der Waals surface area (Å²) >= 11 is 5.14. The number of halogens is 1. The molecule has 0 spiro atoms. The van der Waals surface area contributed by atoms with Crippen LogP contribution in [-0.4, -0.2) is 6.54 Å². The van der Waals surface area contributed by atoms with Crippen LogP contribution in [0.25, 0.3) is 6.08 Å². The minimum atomic E-state index is 0.566. The summed E-state index contributed by atoms with van der Waals surface area (Å²) in [6.07, 6.45) is 3.91. The molecule has 57 valence electrons. The van der Waals surface area contributed by atoms with Crippen molar-refractivity contribution in [2.75, 3.05) is 6.54 Å². The Labute approximate surface area is 71.8 Å². The van der Waals surface area contributed by atoms with Crippen molar-refractivity contribution in [2.24, 2.45) is 0 Å². The highest BCUT2D eigenvalue weighted by molar-refractivity contribution is 6.13. The molecule has 0 atom stereocenters. The van der Waals surface area contributed by atoms with E-state index >= 15 is 0 Å². The molecule has 0 bridgehead atoms. The molecule has 1 nitrogen and oxygen atoms in total. The molecule has 1 aromatic carbocycles. The maximum atomic E-state index is 5.14. The summed E-state index contributed by atoms with van der Waals surface area (Å²) in [6.45, 7) is 0.566. The van der Waals surface area contributed by atoms with Gasteiger partial charge in [-0.25, -0.2) is 0 Å². The summed E-state index contributed by atoms with van der Waals surface area (Å²) in [5, 5.41) is 0. The van der Waals surface area contributed by atoms with Crippen LogP contribution in [0.1, 0.15) is 5.56 Å². The summed E-state index contributed by atoms with van der Waals surface area (Å²) < 4.78 is 0. The van der Waals surface area contributed by atoms with Gasteiger partial charge in [0.15, 0.2) is 0 Å². The van der Waals surface area contributed by atoms with Crippen LogP contribution >= 0.6 is 11.8 Å². The molecule has 0 aliphatic carbocycles. The largest absolute Gasteiger partial charge is 0.135 e. The number of hydrogen-bond donors (Lipinski definition) is 0. The van der Waals surface area contributed by atoms with Crippen LogP contribution in [0.4, 0.5) is 0 Å². The van der Waals surface area contributed by atoms with Gasteiger partial charge >= 0.3 is 0 Å². The standard InChI is InChI=1S/C9H9ClN/c10-11-8-4-7-9-5-2-1-3-6-9/h1-7H,8H2. The second-order valence-corrected chi connectivity index (χ2v) is 2.35. The Kier molecular flexibility index (Phi) is 3.73. The van der Waals surface area contributed by atoms with Gasteiger partial charge in [0.2, 0.25) is 0 Å². The molecule has 11 heavy (non-hydrogen) atoms. The van der Waals surface area contributed by atoms with E-state index in [0.717, 1.165) is 0 Å². The average Bonchev–Trinajstić information content (AvgIpc) is 2.07. The van der Waals surface area contributed by atoms with Gasteiger partial charge in [-0.1, -0.05) is 42.5 Å². The van der Waals surface area contributed by atoms with E-state index in [2.05, 4.69) is 4.84 Å². The normalized spacial score (nSPS) is 10.6. The van der Waals surface area contributed by atoms with Crippen LogP contribution in [0, 0.1) is 0 Å². The number of hydrogen-bond acceptors (Lipinski definition) is 0. The van der Waals surface area contributed by atoms with Crippen LogP contribution in [0.2, 0.25) is 0 Å². The van der Waals surface area contributed by atoms with Crippen LogP contribution < -0.4 is 4.84 Å². The first-order chi connectivity index (χ1) is 5.43. The van der Waals surface area contributed by atoms with Crippen LogP contribution in [-0.2, 0) is 0 Å². The number of nitrogens with zero attached hydrogens (tertiary/aromatic N) is 1. The second-order valence-electron chi connectivity index (χ2n) is 2.12. The molecule has 1 rings (SSSR count). The maximum Gasteiger partial charge on any atom is 0.0495 e. The molecule has 1 aromatic rings. The first-order valence-electron chi connectivity index (χ1n) is 3.43. The molecule has 0 unspecified atom stereocenters. The zero-order valence-corrected chi connectivity index (χ0v) is 6.83. The molecule has 0 N–H and O–H groups in total. The topological polar surface area (TPSA) is 14.1 Å². The smallest absolute Gasteiger partial charge is 0.0495 e. The minimum Gasteiger partial charge on any atom is -0.135 e. The Morgan fingerprint density at radius 2 is 2.00 bits per heavy atom. The van der Waals surface area contributed by atoms with Gasteiger partial charge < -0.3 is 0 Å². The summed E-state index contributed by atoms with van der Waals surface area (Å²) in [5.41, 5.74) is 1.17. The molecule has 0 saturated carbocycles. The summed E-state index contributed by atoms with van der Waals surface area (Å²) in [7, 11) is 0. The molecule has 0 aliphatic rings. The molecule has 0 amide bonds. The maximum absolute atomic E-state index is 5.14. The lowest BCUT2D eigenvalue weighted by molar-refractivity contribution is 1.10. The zero-order chi connectivity index (χ0) is 7.94. The van der Waals surface area contributed by atoms with Gasteiger partial charge in [0.1, 0.15) is 0 Å². The van der Waals surface area contributed by atoms with Crippen molar-refractivity contribution >= 4 is 17.9 Å². The van der Waals surface area contributed by atoms with E-state index in [9.17, 15) is 0 Å². The molecular formula is C9H9ClN. The van der Waals surface area contributed by atoms with Crippen molar-refractivity contribution in [3.8, 4) is 0 Å². The summed E-state index contributed by atoms with van der Waals surface area (Å²) in [5.74, 6) is 0. The molecule has 0 aromatic heterocycles. The Bertz CT molecular complexity index is 218. The molecule has 0 heterocycles. The minimum absolute atomic E-state index is 0.566. The molecule has 1 radical (unpaired) electrons. The lowest BCUT2D eigenvalue weighted by Gasteiger charge is -1.89. The second kappa shape index (κ2) is 4.94. The third-order valence-electron chi connectivity index (χ3n) is 1.28. The van der Waals surface area contributed by atoms with Crippen molar-refractivity contribution in [1.82, 2.24) is 4.84 Å². The van der Waals surface area contributed by atoms with Crippen molar-refractivity contribution < 1.29 is 0 Å².